The molecule has 0 aliphatic rings. The van der Waals surface area contributed by atoms with Gasteiger partial charge in [-0.05, 0) is 0 Å². The van der Waals surface area contributed by atoms with E-state index < -0.39 is 31.9 Å². The Morgan fingerprint density at radius 1 is 1.13 bits per heavy atom. The van der Waals surface area contributed by atoms with E-state index >= 15 is 0 Å². The van der Waals surface area contributed by atoms with E-state index in [0.717, 1.165) is 11.8 Å². The van der Waals surface area contributed by atoms with E-state index in [1.54, 1.807) is 24.3 Å². The van der Waals surface area contributed by atoms with Crippen LogP contribution in [0.15, 0.2) is 30.3 Å². The maximum absolute atomic E-state index is 12.0. The Bertz CT molecular complexity index is 769. The lowest BCUT2D eigenvalue weighted by Gasteiger charge is -2.29. The fourth-order valence-electron chi connectivity index (χ4n) is 2.16. The molecule has 0 heterocycles. The Labute approximate surface area is 179 Å². The predicted molar refractivity (Wildman–Crippen MR) is 112 cm³/mol. The van der Waals surface area contributed by atoms with Crippen molar-refractivity contribution < 1.29 is 38.4 Å². The van der Waals surface area contributed by atoms with Crippen molar-refractivity contribution in [2.24, 2.45) is 5.41 Å². The minimum atomic E-state index is -4.72. The third kappa shape index (κ3) is 10.3. The summed E-state index contributed by atoms with van der Waals surface area (Å²) in [6, 6.07) is 8.78. The summed E-state index contributed by atoms with van der Waals surface area (Å²) < 4.78 is 15.1. The number of amides is 2. The zero-order valence-corrected chi connectivity index (χ0v) is 18.4. The summed E-state index contributed by atoms with van der Waals surface area (Å²) in [4.78, 5) is 53.1. The van der Waals surface area contributed by atoms with E-state index in [4.69, 9.17) is 9.79 Å². The molecule has 0 aromatic heterocycles. The summed E-state index contributed by atoms with van der Waals surface area (Å²) in [5, 5.41) is 15.0. The molecule has 10 nitrogen and oxygen atoms in total. The average molecular weight is 462 g/mol. The van der Waals surface area contributed by atoms with Crippen molar-refractivity contribution in [1.82, 2.24) is 10.6 Å². The molecule has 2 amide bonds. The molecular formula is C18H27N2O8PS. The van der Waals surface area contributed by atoms with E-state index in [0.29, 0.717) is 11.3 Å². The number of nitrogens with one attached hydrogen (secondary N) is 2. The quantitative estimate of drug-likeness (QED) is 0.222. The van der Waals surface area contributed by atoms with Gasteiger partial charge in [-0.1, -0.05) is 55.9 Å². The van der Waals surface area contributed by atoms with Gasteiger partial charge in [-0.15, -0.1) is 0 Å². The van der Waals surface area contributed by atoms with Gasteiger partial charge in [0.2, 0.25) is 16.9 Å². The van der Waals surface area contributed by atoms with E-state index in [1.165, 1.54) is 13.8 Å². The number of carbonyl (C=O) groups excluding carboxylic acids is 3. The molecule has 0 fully saturated rings. The second-order valence-corrected chi connectivity index (χ2v) is 9.36. The first-order valence-corrected chi connectivity index (χ1v) is 11.6. The number of phosphoric acid groups is 1. The molecule has 0 bridgehead atoms. The van der Waals surface area contributed by atoms with Crippen molar-refractivity contribution in [2.75, 3.05) is 25.4 Å². The molecule has 0 saturated heterocycles. The lowest BCUT2D eigenvalue weighted by Crippen LogP contribution is -2.46. The summed E-state index contributed by atoms with van der Waals surface area (Å²) in [6.07, 6.45) is -1.62. The van der Waals surface area contributed by atoms with Crippen molar-refractivity contribution in [3.8, 4) is 0 Å². The minimum absolute atomic E-state index is 0.0326. The molecule has 1 rings (SSSR count). The number of aliphatic hydroxyl groups is 1. The lowest BCUT2D eigenvalue weighted by atomic mass is 9.87. The fourth-order valence-corrected chi connectivity index (χ4v) is 3.35. The van der Waals surface area contributed by atoms with Crippen LogP contribution in [-0.2, 0) is 18.7 Å². The zero-order chi connectivity index (χ0) is 22.8. The highest BCUT2D eigenvalue weighted by Crippen LogP contribution is 2.38. The topological polar surface area (TPSA) is 162 Å². The van der Waals surface area contributed by atoms with Crippen LogP contribution in [0.25, 0.3) is 0 Å². The van der Waals surface area contributed by atoms with E-state index in [-0.39, 0.29) is 30.5 Å². The van der Waals surface area contributed by atoms with Gasteiger partial charge in [-0.2, -0.15) is 0 Å². The van der Waals surface area contributed by atoms with Crippen molar-refractivity contribution in [2.45, 2.75) is 26.4 Å². The molecule has 5 N–H and O–H groups in total. The molecule has 12 heteroatoms. The molecular weight excluding hydrogens is 435 g/mol. The molecule has 0 aliphatic heterocycles. The third-order valence-electron chi connectivity index (χ3n) is 3.91. The van der Waals surface area contributed by atoms with Crippen LogP contribution in [-0.4, -0.2) is 63.4 Å². The van der Waals surface area contributed by atoms with Crippen LogP contribution in [0.1, 0.15) is 30.6 Å². The maximum Gasteiger partial charge on any atom is 0.469 e. The molecule has 0 radical (unpaired) electrons. The van der Waals surface area contributed by atoms with Crippen LogP contribution in [0, 0.1) is 5.41 Å². The van der Waals surface area contributed by atoms with Gasteiger partial charge < -0.3 is 25.5 Å². The summed E-state index contributed by atoms with van der Waals surface area (Å²) in [5.74, 6) is -0.717. The number of hydrogen-bond donors (Lipinski definition) is 5. The van der Waals surface area contributed by atoms with Crippen LogP contribution in [0.3, 0.4) is 0 Å². The van der Waals surface area contributed by atoms with Gasteiger partial charge in [-0.3, -0.25) is 18.9 Å². The highest BCUT2D eigenvalue weighted by Gasteiger charge is 2.35. The average Bonchev–Trinajstić information content (AvgIpc) is 2.69. The second kappa shape index (κ2) is 12.2. The van der Waals surface area contributed by atoms with Crippen LogP contribution >= 0.6 is 19.6 Å². The Balaban J connectivity index is 2.24. The van der Waals surface area contributed by atoms with Gasteiger partial charge in [0.05, 0.1) is 6.61 Å². The highest BCUT2D eigenvalue weighted by atomic mass is 32.2. The number of aliphatic hydroxyl groups excluding tert-OH is 1. The summed E-state index contributed by atoms with van der Waals surface area (Å²) >= 11 is 1.09. The number of hydrogen-bond acceptors (Lipinski definition) is 7. The Morgan fingerprint density at radius 3 is 2.37 bits per heavy atom. The first-order chi connectivity index (χ1) is 13.9. The Kier molecular flexibility index (Phi) is 10.7. The lowest BCUT2D eigenvalue weighted by molar-refractivity contribution is -0.137. The van der Waals surface area contributed by atoms with Crippen molar-refractivity contribution in [3.63, 3.8) is 0 Å². The monoisotopic (exact) mass is 462 g/mol. The van der Waals surface area contributed by atoms with E-state index in [1.807, 2.05) is 6.07 Å². The molecule has 0 unspecified atom stereocenters. The van der Waals surface area contributed by atoms with Crippen LogP contribution in [0.5, 0.6) is 0 Å². The maximum atomic E-state index is 12.0. The number of carbonyl (C=O) groups is 3. The molecule has 1 aromatic carbocycles. The standard InChI is InChI=1S/C18H27N2O8PS/c1-18(2,12-28-29(25,26)27)15(22)16(23)20-9-8-14(21)19-10-11-30-17(24)13-6-4-3-5-7-13/h3-7,15,22H,8-12H2,1-2H3,(H,19,21)(H,20,23)(H2,25,26,27)/t15-/m1/s1. The molecule has 0 aliphatic carbocycles. The number of benzene rings is 1. The summed E-state index contributed by atoms with van der Waals surface area (Å²) in [7, 11) is -4.72. The van der Waals surface area contributed by atoms with Crippen molar-refractivity contribution >= 4 is 36.5 Å². The molecule has 1 aromatic rings. The Hall–Kier alpha value is -1.75. The van der Waals surface area contributed by atoms with E-state index in [2.05, 4.69) is 15.2 Å². The molecule has 0 saturated carbocycles. The molecule has 168 valence electrons. The number of thioether (sulfide) groups is 1. The van der Waals surface area contributed by atoms with Gasteiger partial charge in [-0.25, -0.2) is 4.57 Å². The van der Waals surface area contributed by atoms with Gasteiger partial charge >= 0.3 is 7.82 Å². The zero-order valence-electron chi connectivity index (χ0n) is 16.7. The number of phosphoric ester groups is 1. The summed E-state index contributed by atoms with van der Waals surface area (Å²) in [5.41, 5.74) is -0.667. The first-order valence-electron chi connectivity index (χ1n) is 9.07. The highest BCUT2D eigenvalue weighted by molar-refractivity contribution is 8.14. The Morgan fingerprint density at radius 2 is 1.77 bits per heavy atom. The van der Waals surface area contributed by atoms with Gasteiger partial charge in [0.25, 0.3) is 0 Å². The van der Waals surface area contributed by atoms with Crippen molar-refractivity contribution in [1.29, 1.82) is 0 Å². The SMILES string of the molecule is CC(C)(COP(=O)(O)O)[C@H](O)C(=O)NCCC(=O)NCCSC(=O)c1ccccc1. The number of rotatable bonds is 12. The summed E-state index contributed by atoms with van der Waals surface area (Å²) in [6.45, 7) is 2.53. The van der Waals surface area contributed by atoms with Crippen LogP contribution in [0.4, 0.5) is 0 Å². The van der Waals surface area contributed by atoms with Crippen LogP contribution in [0.2, 0.25) is 0 Å². The van der Waals surface area contributed by atoms with Gasteiger partial charge in [0.15, 0.2) is 0 Å². The first kappa shape index (κ1) is 26.3. The predicted octanol–water partition coefficient (Wildman–Crippen LogP) is 0.679. The van der Waals surface area contributed by atoms with Gasteiger partial charge in [0, 0.05) is 36.2 Å². The molecule has 1 atom stereocenters. The third-order valence-corrected chi connectivity index (χ3v) is 5.28. The molecule has 30 heavy (non-hydrogen) atoms. The van der Waals surface area contributed by atoms with E-state index in [9.17, 15) is 24.1 Å². The van der Waals surface area contributed by atoms with Gasteiger partial charge in [0.1, 0.15) is 6.10 Å². The van der Waals surface area contributed by atoms with Crippen LogP contribution < -0.4 is 10.6 Å². The largest absolute Gasteiger partial charge is 0.469 e. The smallest absolute Gasteiger partial charge is 0.383 e. The van der Waals surface area contributed by atoms with Crippen molar-refractivity contribution in [3.05, 3.63) is 35.9 Å². The second-order valence-electron chi connectivity index (χ2n) is 7.05. The minimum Gasteiger partial charge on any atom is -0.383 e. The fraction of sp³-hybridized carbons (Fsp3) is 0.500. The molecule has 0 spiro atoms. The normalized spacial score (nSPS) is 12.8.